The fraction of sp³-hybridized carbons (Fsp3) is 0.848. The van der Waals surface area contributed by atoms with Crippen molar-refractivity contribution in [1.29, 1.82) is 0 Å². The van der Waals surface area contributed by atoms with Crippen molar-refractivity contribution in [3.05, 3.63) is 0 Å². The first-order valence-corrected chi connectivity index (χ1v) is 24.5. The molecule has 0 aromatic rings. The summed E-state index contributed by atoms with van der Waals surface area (Å²) in [5.41, 5.74) is -1.34. The topological polar surface area (TPSA) is 234 Å². The Labute approximate surface area is 387 Å². The van der Waals surface area contributed by atoms with Gasteiger partial charge in [-0.3, -0.25) is 24.0 Å². The van der Waals surface area contributed by atoms with Crippen molar-refractivity contribution in [3.63, 3.8) is 0 Å². The summed E-state index contributed by atoms with van der Waals surface area (Å²) in [5, 5.41) is 19.7. The van der Waals surface area contributed by atoms with Crippen molar-refractivity contribution in [3.8, 4) is 0 Å². The Hall–Kier alpha value is -3.48. The molecule has 17 nitrogen and oxygen atoms in total. The lowest BCUT2D eigenvalue weighted by molar-refractivity contribution is -0.160. The Morgan fingerprint density at radius 2 is 0.938 bits per heavy atom. The van der Waals surface area contributed by atoms with Crippen molar-refractivity contribution in [2.75, 3.05) is 64.2 Å². The largest absolute Gasteiger partial charge is 0.481 e. The number of hydrogen-bond donors (Lipinski definition) is 5. The minimum Gasteiger partial charge on any atom is -0.481 e. The van der Waals surface area contributed by atoms with Crippen LogP contribution in [0.25, 0.3) is 0 Å². The molecule has 64 heavy (non-hydrogen) atoms. The van der Waals surface area contributed by atoms with Gasteiger partial charge in [0.15, 0.2) is 0 Å². The summed E-state index contributed by atoms with van der Waals surface area (Å²) in [7, 11) is 0. The predicted molar refractivity (Wildman–Crippen MR) is 248 cm³/mol. The molecule has 0 heterocycles. The highest BCUT2D eigenvalue weighted by Crippen LogP contribution is 2.16. The number of unbranched alkanes of at least 4 members (excludes halogenated alkanes) is 6. The highest BCUT2D eigenvalue weighted by Gasteiger charge is 2.29. The van der Waals surface area contributed by atoms with E-state index in [1.165, 1.54) is 0 Å². The zero-order valence-corrected chi connectivity index (χ0v) is 41.2. The number of ether oxygens (including phenoxy) is 5. The van der Waals surface area contributed by atoms with Crippen molar-refractivity contribution in [1.82, 2.24) is 21.3 Å². The summed E-state index contributed by atoms with van der Waals surface area (Å²) < 4.78 is 27.4. The highest BCUT2D eigenvalue weighted by atomic mass is 32.2. The van der Waals surface area contributed by atoms with E-state index in [0.29, 0.717) is 78.4 Å². The van der Waals surface area contributed by atoms with Gasteiger partial charge in [0.05, 0.1) is 32.8 Å². The number of carboxylic acid groups (broad SMARTS) is 1. The normalized spacial score (nSPS) is 12.6. The SMILES string of the molecule is CC(C)C(NC(=O)CCCCCCCSCCCCCC(=O)NC(CCC(=O)NCCCOCCOCCOCCCNC(=O)CCC(=O)O)C(=O)OC(C)(C)C)C(=O)OC(C)(C)C. The molecule has 4 amide bonds. The first kappa shape index (κ1) is 60.5. The van der Waals surface area contributed by atoms with Crippen LogP contribution >= 0.6 is 11.8 Å². The van der Waals surface area contributed by atoms with E-state index in [9.17, 15) is 33.6 Å². The second kappa shape index (κ2) is 36.7. The molecule has 372 valence electrons. The summed E-state index contributed by atoms with van der Waals surface area (Å²) >= 11 is 1.90. The second-order valence-corrected chi connectivity index (χ2v) is 19.3. The van der Waals surface area contributed by atoms with Gasteiger partial charge >= 0.3 is 17.9 Å². The number of esters is 2. The highest BCUT2D eigenvalue weighted by molar-refractivity contribution is 7.99. The standard InChI is InChI=1S/C46H84N4O13S/c1-35(2)42(44(58)63-46(6,7)8)50-40(54)20-13-10-9-11-15-33-64-34-16-12-14-19-39(53)49-36(43(57)62-45(3,4)5)21-22-37(51)47-25-17-27-59-29-31-61-32-30-60-28-18-26-48-38(52)23-24-41(55)56/h35-36,42H,9-34H2,1-8H3,(H,47,51)(H,48,52)(H,49,53)(H,50,54)(H,55,56). The number of aliphatic carboxylic acids is 1. The van der Waals surface area contributed by atoms with Crippen LogP contribution in [0, 0.1) is 5.92 Å². The van der Waals surface area contributed by atoms with Crippen LogP contribution in [0.4, 0.5) is 0 Å². The third-order valence-electron chi connectivity index (χ3n) is 9.10. The Kier molecular flexibility index (Phi) is 34.7. The van der Waals surface area contributed by atoms with Gasteiger partial charge in [0.1, 0.15) is 23.3 Å². The van der Waals surface area contributed by atoms with Crippen LogP contribution in [0.2, 0.25) is 0 Å². The first-order chi connectivity index (χ1) is 30.2. The van der Waals surface area contributed by atoms with Crippen LogP contribution < -0.4 is 21.3 Å². The van der Waals surface area contributed by atoms with Crippen molar-refractivity contribution in [2.45, 2.75) is 181 Å². The van der Waals surface area contributed by atoms with Crippen molar-refractivity contribution >= 4 is 53.3 Å². The molecule has 0 aliphatic rings. The smallest absolute Gasteiger partial charge is 0.329 e. The molecule has 0 aliphatic carbocycles. The maximum absolute atomic E-state index is 12.9. The van der Waals surface area contributed by atoms with E-state index in [1.807, 2.05) is 46.4 Å². The van der Waals surface area contributed by atoms with Gasteiger partial charge in [-0.1, -0.05) is 39.5 Å². The lowest BCUT2D eigenvalue weighted by Crippen LogP contribution is -2.47. The molecule has 0 aromatic heterocycles. The summed E-state index contributed by atoms with van der Waals surface area (Å²) in [6.45, 7) is 17.8. The van der Waals surface area contributed by atoms with Gasteiger partial charge in [-0.2, -0.15) is 11.8 Å². The van der Waals surface area contributed by atoms with Crippen LogP contribution in [-0.4, -0.2) is 134 Å². The molecular weight excluding hydrogens is 849 g/mol. The molecule has 0 spiro atoms. The summed E-state index contributed by atoms with van der Waals surface area (Å²) in [6, 6.07) is -1.57. The van der Waals surface area contributed by atoms with Crippen LogP contribution in [0.5, 0.6) is 0 Å². The van der Waals surface area contributed by atoms with Gasteiger partial charge in [-0.25, -0.2) is 9.59 Å². The number of hydrogen-bond acceptors (Lipinski definition) is 13. The summed E-state index contributed by atoms with van der Waals surface area (Å²) in [4.78, 5) is 85.1. The fourth-order valence-corrected chi connectivity index (χ4v) is 6.82. The second-order valence-electron chi connectivity index (χ2n) is 18.1. The van der Waals surface area contributed by atoms with E-state index in [-0.39, 0.29) is 61.7 Å². The van der Waals surface area contributed by atoms with E-state index in [1.54, 1.807) is 20.8 Å². The Morgan fingerprint density at radius 3 is 1.44 bits per heavy atom. The van der Waals surface area contributed by atoms with E-state index < -0.39 is 41.2 Å². The molecule has 18 heteroatoms. The van der Waals surface area contributed by atoms with E-state index in [0.717, 1.165) is 56.5 Å². The summed E-state index contributed by atoms with van der Waals surface area (Å²) in [5.74, 6) is -0.841. The molecule has 0 rings (SSSR count). The third kappa shape index (κ3) is 38.9. The Balaban J connectivity index is 4.07. The predicted octanol–water partition coefficient (Wildman–Crippen LogP) is 5.64. The average molecular weight is 933 g/mol. The maximum atomic E-state index is 12.9. The number of carboxylic acids is 1. The van der Waals surface area contributed by atoms with E-state index >= 15 is 0 Å². The average Bonchev–Trinajstić information content (AvgIpc) is 3.19. The molecular formula is C46H84N4O13S. The van der Waals surface area contributed by atoms with Gasteiger partial charge < -0.3 is 50.1 Å². The molecule has 2 atom stereocenters. The molecule has 0 fully saturated rings. The Bertz CT molecular complexity index is 1340. The Morgan fingerprint density at radius 1 is 0.500 bits per heavy atom. The van der Waals surface area contributed by atoms with Crippen LogP contribution in [0.3, 0.4) is 0 Å². The zero-order valence-electron chi connectivity index (χ0n) is 40.4. The van der Waals surface area contributed by atoms with Gasteiger partial charge in [0, 0.05) is 52.0 Å². The van der Waals surface area contributed by atoms with Gasteiger partial charge in [0.2, 0.25) is 23.6 Å². The van der Waals surface area contributed by atoms with Crippen LogP contribution in [0.1, 0.15) is 158 Å². The molecule has 0 aromatic carbocycles. The number of carbonyl (C=O) groups is 7. The molecule has 5 N–H and O–H groups in total. The minimum absolute atomic E-state index is 0.0379. The quantitative estimate of drug-likeness (QED) is 0.0371. The molecule has 0 bridgehead atoms. The van der Waals surface area contributed by atoms with Gasteiger partial charge in [-0.05, 0) is 104 Å². The summed E-state index contributed by atoms with van der Waals surface area (Å²) in [6.07, 6.45) is 9.42. The van der Waals surface area contributed by atoms with Crippen LogP contribution in [-0.2, 0) is 57.2 Å². The van der Waals surface area contributed by atoms with Gasteiger partial charge in [-0.15, -0.1) is 0 Å². The first-order valence-electron chi connectivity index (χ1n) is 23.3. The number of rotatable bonds is 39. The molecule has 0 aliphatic heterocycles. The lowest BCUT2D eigenvalue weighted by atomic mass is 10.0. The number of carbonyl (C=O) groups excluding carboxylic acids is 6. The lowest BCUT2D eigenvalue weighted by Gasteiger charge is -2.26. The number of amides is 4. The maximum Gasteiger partial charge on any atom is 0.329 e. The molecule has 0 saturated heterocycles. The van der Waals surface area contributed by atoms with Gasteiger partial charge in [0.25, 0.3) is 0 Å². The van der Waals surface area contributed by atoms with Crippen LogP contribution in [0.15, 0.2) is 0 Å². The van der Waals surface area contributed by atoms with E-state index in [4.69, 9.17) is 28.8 Å². The monoisotopic (exact) mass is 933 g/mol. The molecule has 0 radical (unpaired) electrons. The molecule has 2 unspecified atom stereocenters. The number of nitrogens with one attached hydrogen (secondary N) is 4. The fourth-order valence-electron chi connectivity index (χ4n) is 5.80. The van der Waals surface area contributed by atoms with Crippen molar-refractivity contribution in [2.24, 2.45) is 5.92 Å². The molecule has 0 saturated carbocycles. The van der Waals surface area contributed by atoms with E-state index in [2.05, 4.69) is 21.3 Å². The third-order valence-corrected chi connectivity index (χ3v) is 10.3. The zero-order chi connectivity index (χ0) is 48.2. The number of thioether (sulfide) groups is 1. The van der Waals surface area contributed by atoms with Crippen molar-refractivity contribution < 1.29 is 62.4 Å². The minimum atomic E-state index is -1.00.